The number of allylic oxidation sites excluding steroid dienone is 2. The minimum atomic E-state index is -0.403. The first-order chi connectivity index (χ1) is 7.77. The van der Waals surface area contributed by atoms with E-state index in [1.54, 1.807) is 0 Å². The van der Waals surface area contributed by atoms with Crippen LogP contribution in [0.2, 0.25) is 12.1 Å². The molecule has 2 heteroatoms. The molecular formula is C14H20NSi. The van der Waals surface area contributed by atoms with Crippen LogP contribution >= 0.6 is 0 Å². The van der Waals surface area contributed by atoms with E-state index in [9.17, 15) is 0 Å². The third kappa shape index (κ3) is 4.07. The van der Waals surface area contributed by atoms with Crippen molar-refractivity contribution in [2.24, 2.45) is 0 Å². The van der Waals surface area contributed by atoms with Crippen molar-refractivity contribution in [2.75, 3.05) is 18.1 Å². The van der Waals surface area contributed by atoms with Crippen molar-refractivity contribution >= 4 is 14.5 Å². The number of nitrogens with zero attached hydrogens (tertiary/aromatic N) is 1. The maximum absolute atomic E-state index is 3.84. The molecule has 0 aliphatic rings. The third-order valence-electron chi connectivity index (χ3n) is 2.52. The highest BCUT2D eigenvalue weighted by Gasteiger charge is 2.11. The van der Waals surface area contributed by atoms with Gasteiger partial charge in [0.15, 0.2) is 0 Å². The van der Waals surface area contributed by atoms with E-state index in [0.29, 0.717) is 0 Å². The molecule has 0 aliphatic heterocycles. The summed E-state index contributed by atoms with van der Waals surface area (Å²) in [7, 11) is 1.76. The van der Waals surface area contributed by atoms with Crippen LogP contribution in [0.4, 0.5) is 5.69 Å². The highest BCUT2D eigenvalue weighted by molar-refractivity contribution is 6.60. The molecule has 0 saturated carbocycles. The summed E-state index contributed by atoms with van der Waals surface area (Å²) >= 11 is 0. The van der Waals surface area contributed by atoms with E-state index in [4.69, 9.17) is 0 Å². The Kier molecular flexibility index (Phi) is 5.65. The molecule has 0 aliphatic carbocycles. The Balaban J connectivity index is 2.57. The minimum Gasteiger partial charge on any atom is -0.378 e. The van der Waals surface area contributed by atoms with Crippen molar-refractivity contribution in [3.63, 3.8) is 0 Å². The van der Waals surface area contributed by atoms with Gasteiger partial charge >= 0.3 is 0 Å². The quantitative estimate of drug-likeness (QED) is 0.511. The average Bonchev–Trinajstić information content (AvgIpc) is 2.31. The van der Waals surface area contributed by atoms with Gasteiger partial charge in [0.1, 0.15) is 0 Å². The molecule has 1 radical (unpaired) electrons. The third-order valence-corrected chi connectivity index (χ3v) is 5.18. The molecule has 0 saturated heterocycles. The van der Waals surface area contributed by atoms with Crippen LogP contribution in [-0.4, -0.2) is 22.0 Å². The predicted molar refractivity (Wildman–Crippen MR) is 75.5 cm³/mol. The van der Waals surface area contributed by atoms with E-state index < -0.39 is 8.80 Å². The topological polar surface area (TPSA) is 3.24 Å². The summed E-state index contributed by atoms with van der Waals surface area (Å²) in [5, 5.41) is 0. The standard InChI is InChI=1S/C14H20NSi/c1-4-11-16(12-5-2)13-15(3)14-9-7-6-8-10-14/h4-10H,1-2,11-13H2,3H3. The lowest BCUT2D eigenvalue weighted by Crippen LogP contribution is -2.31. The van der Waals surface area contributed by atoms with Gasteiger partial charge in [-0.2, -0.15) is 0 Å². The normalized spacial score (nSPS) is 10.1. The van der Waals surface area contributed by atoms with Crippen molar-refractivity contribution in [1.82, 2.24) is 0 Å². The van der Waals surface area contributed by atoms with E-state index >= 15 is 0 Å². The summed E-state index contributed by atoms with van der Waals surface area (Å²) in [6.07, 6.45) is 5.22. The van der Waals surface area contributed by atoms with Crippen LogP contribution in [0.25, 0.3) is 0 Å². The Hall–Kier alpha value is -1.28. The molecule has 0 atom stereocenters. The van der Waals surface area contributed by atoms with Crippen molar-refractivity contribution in [3.05, 3.63) is 55.6 Å². The fraction of sp³-hybridized carbons (Fsp3) is 0.286. The molecule has 0 heterocycles. The van der Waals surface area contributed by atoms with Gasteiger partial charge in [-0.3, -0.25) is 0 Å². The first kappa shape index (κ1) is 12.8. The number of benzene rings is 1. The smallest absolute Gasteiger partial charge is 0.0798 e. The van der Waals surface area contributed by atoms with Gasteiger partial charge in [0.25, 0.3) is 0 Å². The Labute approximate surface area is 101 Å². The molecule has 16 heavy (non-hydrogen) atoms. The fourth-order valence-corrected chi connectivity index (χ4v) is 3.82. The molecule has 1 aromatic rings. The van der Waals surface area contributed by atoms with Gasteiger partial charge in [-0.05, 0) is 24.2 Å². The van der Waals surface area contributed by atoms with Crippen molar-refractivity contribution in [2.45, 2.75) is 12.1 Å². The van der Waals surface area contributed by atoms with Gasteiger partial charge in [0, 0.05) is 18.9 Å². The molecule has 0 fully saturated rings. The van der Waals surface area contributed by atoms with E-state index in [1.165, 1.54) is 5.69 Å². The lowest BCUT2D eigenvalue weighted by Gasteiger charge is -2.23. The lowest BCUT2D eigenvalue weighted by atomic mass is 10.3. The SMILES string of the molecule is C=CC[Si](CC=C)CN(C)c1ccccc1. The molecule has 0 unspecified atom stereocenters. The summed E-state index contributed by atoms with van der Waals surface area (Å²) in [6, 6.07) is 12.8. The first-order valence-corrected chi connectivity index (χ1v) is 7.71. The van der Waals surface area contributed by atoms with Crippen molar-refractivity contribution < 1.29 is 0 Å². The number of hydrogen-bond donors (Lipinski definition) is 0. The molecule has 1 rings (SSSR count). The summed E-state index contributed by atoms with van der Waals surface area (Å²) in [5.41, 5.74) is 1.29. The van der Waals surface area contributed by atoms with Crippen LogP contribution in [0, 0.1) is 0 Å². The molecule has 0 aromatic heterocycles. The Morgan fingerprint density at radius 1 is 1.12 bits per heavy atom. The van der Waals surface area contributed by atoms with Gasteiger partial charge in [-0.25, -0.2) is 0 Å². The maximum atomic E-state index is 3.84. The molecule has 0 spiro atoms. The summed E-state index contributed by atoms with van der Waals surface area (Å²) in [5.74, 6) is 0. The average molecular weight is 230 g/mol. The Morgan fingerprint density at radius 3 is 2.19 bits per heavy atom. The fourth-order valence-electron chi connectivity index (χ4n) is 1.73. The summed E-state index contributed by atoms with van der Waals surface area (Å²) in [4.78, 5) is 2.33. The number of para-hydroxylation sites is 1. The van der Waals surface area contributed by atoms with Gasteiger partial charge in [0.05, 0.1) is 8.80 Å². The second-order valence-electron chi connectivity index (χ2n) is 3.93. The van der Waals surface area contributed by atoms with Crippen LogP contribution in [-0.2, 0) is 0 Å². The van der Waals surface area contributed by atoms with E-state index in [-0.39, 0.29) is 0 Å². The zero-order valence-electron chi connectivity index (χ0n) is 10.0. The summed E-state index contributed by atoms with van der Waals surface area (Å²) in [6.45, 7) is 7.67. The van der Waals surface area contributed by atoms with Crippen LogP contribution in [0.3, 0.4) is 0 Å². The molecule has 85 valence electrons. The molecule has 0 amide bonds. The molecule has 0 bridgehead atoms. The molecule has 1 nitrogen and oxygen atoms in total. The Bertz CT molecular complexity index is 311. The van der Waals surface area contributed by atoms with Crippen molar-refractivity contribution in [1.29, 1.82) is 0 Å². The molecular weight excluding hydrogens is 210 g/mol. The zero-order chi connectivity index (χ0) is 11.8. The van der Waals surface area contributed by atoms with E-state index in [2.05, 4.69) is 55.4 Å². The maximum Gasteiger partial charge on any atom is 0.0798 e. The van der Waals surface area contributed by atoms with E-state index in [1.807, 2.05) is 12.2 Å². The molecule has 0 N–H and O–H groups in total. The predicted octanol–water partition coefficient (Wildman–Crippen LogP) is 3.53. The Morgan fingerprint density at radius 2 is 1.69 bits per heavy atom. The highest BCUT2D eigenvalue weighted by atomic mass is 28.3. The monoisotopic (exact) mass is 230 g/mol. The van der Waals surface area contributed by atoms with Gasteiger partial charge in [-0.15, -0.1) is 13.2 Å². The minimum absolute atomic E-state index is 0.403. The van der Waals surface area contributed by atoms with Crippen LogP contribution in [0.15, 0.2) is 55.6 Å². The van der Waals surface area contributed by atoms with Gasteiger partial charge in [0.2, 0.25) is 0 Å². The van der Waals surface area contributed by atoms with Crippen LogP contribution in [0.5, 0.6) is 0 Å². The number of anilines is 1. The first-order valence-electron chi connectivity index (χ1n) is 5.59. The summed E-state index contributed by atoms with van der Waals surface area (Å²) < 4.78 is 0. The van der Waals surface area contributed by atoms with Crippen LogP contribution < -0.4 is 4.90 Å². The zero-order valence-corrected chi connectivity index (χ0v) is 11.0. The largest absolute Gasteiger partial charge is 0.378 e. The van der Waals surface area contributed by atoms with Crippen molar-refractivity contribution in [3.8, 4) is 0 Å². The number of rotatable bonds is 7. The highest BCUT2D eigenvalue weighted by Crippen LogP contribution is 2.13. The van der Waals surface area contributed by atoms with Gasteiger partial charge < -0.3 is 4.90 Å². The molecule has 1 aromatic carbocycles. The van der Waals surface area contributed by atoms with Crippen LogP contribution in [0.1, 0.15) is 0 Å². The number of hydrogen-bond acceptors (Lipinski definition) is 1. The van der Waals surface area contributed by atoms with E-state index in [0.717, 1.165) is 18.3 Å². The second kappa shape index (κ2) is 7.07. The second-order valence-corrected chi connectivity index (χ2v) is 6.56. The van der Waals surface area contributed by atoms with Gasteiger partial charge in [-0.1, -0.05) is 30.4 Å². The lowest BCUT2D eigenvalue weighted by molar-refractivity contribution is 1.06.